The van der Waals surface area contributed by atoms with Gasteiger partial charge in [-0.1, -0.05) is 12.0 Å². The van der Waals surface area contributed by atoms with Crippen molar-refractivity contribution in [3.63, 3.8) is 0 Å². The fraction of sp³-hybridized carbons (Fsp3) is 0.303. The minimum Gasteiger partial charge on any atom is -0.508 e. The summed E-state index contributed by atoms with van der Waals surface area (Å²) in [5.74, 6) is 1.94. The van der Waals surface area contributed by atoms with Crippen molar-refractivity contribution in [2.45, 2.75) is 25.6 Å². The topological polar surface area (TPSA) is 79.5 Å². The van der Waals surface area contributed by atoms with Gasteiger partial charge in [0.2, 0.25) is 5.95 Å². The molecule has 3 aromatic heterocycles. The number of pyridine rings is 1. The van der Waals surface area contributed by atoms with Gasteiger partial charge >= 0.3 is 0 Å². The van der Waals surface area contributed by atoms with Gasteiger partial charge in [-0.25, -0.2) is 18.7 Å². The van der Waals surface area contributed by atoms with E-state index in [-0.39, 0.29) is 28.1 Å². The number of anilines is 1. The van der Waals surface area contributed by atoms with E-state index in [1.54, 1.807) is 6.20 Å². The molecule has 0 amide bonds. The Morgan fingerprint density at radius 3 is 2.79 bits per heavy atom. The van der Waals surface area contributed by atoms with Crippen LogP contribution in [0.2, 0.25) is 0 Å². The summed E-state index contributed by atoms with van der Waals surface area (Å²) in [7, 11) is 2.14. The monoisotopic (exact) mass is 578 g/mol. The Hall–Kier alpha value is -4.59. The second kappa shape index (κ2) is 9.73. The molecule has 5 aromatic rings. The lowest BCUT2D eigenvalue weighted by atomic mass is 9.95. The van der Waals surface area contributed by atoms with E-state index in [1.165, 1.54) is 24.3 Å². The first-order valence-electron chi connectivity index (χ1n) is 14.4. The third kappa shape index (κ3) is 3.99. The highest BCUT2D eigenvalue weighted by molar-refractivity contribution is 6.03. The highest BCUT2D eigenvalue weighted by Gasteiger charge is 2.41. The summed E-state index contributed by atoms with van der Waals surface area (Å²) in [5, 5.41) is 11.8. The maximum Gasteiger partial charge on any atom is 0.226 e. The SMILES string of the molecule is C#Cc1c(F)ccc2cc(O)cc(-c3ncc4c(-c5ccc6n5CCOC6)nc(N5CC6CCN(C)C6C5)nc4c3F)c12. The number of rotatable bonds is 3. The molecule has 0 radical (unpaired) electrons. The van der Waals surface area contributed by atoms with Gasteiger partial charge in [-0.3, -0.25) is 4.98 Å². The lowest BCUT2D eigenvalue weighted by molar-refractivity contribution is 0.0856. The maximum absolute atomic E-state index is 16.8. The van der Waals surface area contributed by atoms with Crippen LogP contribution in [0.15, 0.2) is 42.6 Å². The van der Waals surface area contributed by atoms with Crippen LogP contribution in [0.1, 0.15) is 17.7 Å². The third-order valence-corrected chi connectivity index (χ3v) is 9.25. The number of phenols is 1. The lowest BCUT2D eigenvalue weighted by Gasteiger charge is -2.23. The van der Waals surface area contributed by atoms with Crippen molar-refractivity contribution in [1.29, 1.82) is 0 Å². The summed E-state index contributed by atoms with van der Waals surface area (Å²) < 4.78 is 39.4. The predicted octanol–water partition coefficient (Wildman–Crippen LogP) is 4.95. The lowest BCUT2D eigenvalue weighted by Crippen LogP contribution is -2.32. The first-order valence-corrected chi connectivity index (χ1v) is 14.4. The van der Waals surface area contributed by atoms with Gasteiger partial charge in [-0.05, 0) is 61.6 Å². The predicted molar refractivity (Wildman–Crippen MR) is 160 cm³/mol. The summed E-state index contributed by atoms with van der Waals surface area (Å²) in [6, 6.07) is 9.97. The molecule has 2 unspecified atom stereocenters. The number of benzene rings is 2. The van der Waals surface area contributed by atoms with Crippen LogP contribution in [0, 0.1) is 29.9 Å². The molecule has 0 bridgehead atoms. The van der Waals surface area contributed by atoms with Crippen LogP contribution in [-0.4, -0.2) is 68.9 Å². The van der Waals surface area contributed by atoms with Gasteiger partial charge in [0.15, 0.2) is 5.82 Å². The zero-order valence-corrected chi connectivity index (χ0v) is 23.5. The van der Waals surface area contributed by atoms with Crippen LogP contribution in [0.5, 0.6) is 5.75 Å². The summed E-state index contributed by atoms with van der Waals surface area (Å²) >= 11 is 0. The van der Waals surface area contributed by atoms with Crippen LogP contribution in [0.4, 0.5) is 14.7 Å². The van der Waals surface area contributed by atoms with Crippen molar-refractivity contribution in [1.82, 2.24) is 24.4 Å². The number of likely N-dealkylation sites (N-methyl/N-ethyl adjacent to an activating group) is 1. The average Bonchev–Trinajstić information content (AvgIpc) is 3.73. The standard InChI is InChI=1S/C33H28F2N6O2/c1-3-22-25(34)6-4-18-12-21(42)13-23(28(18)22)31-29(35)32-24(14-36-31)30(26-7-5-20-17-43-11-10-41(20)26)37-33(38-32)40-15-19-8-9-39(2)27(19)16-40/h1,4-7,12-14,19,27,42H,8-11,15-17H2,2H3. The fourth-order valence-electron chi connectivity index (χ4n) is 7.10. The molecule has 2 aromatic carbocycles. The van der Waals surface area contributed by atoms with Gasteiger partial charge in [0.05, 0.1) is 24.5 Å². The van der Waals surface area contributed by atoms with Crippen molar-refractivity contribution in [2.24, 2.45) is 5.92 Å². The largest absolute Gasteiger partial charge is 0.508 e. The number of ether oxygens (including phenoxy) is 1. The first-order chi connectivity index (χ1) is 20.9. The zero-order valence-electron chi connectivity index (χ0n) is 23.5. The molecule has 3 aliphatic heterocycles. The van der Waals surface area contributed by atoms with Crippen molar-refractivity contribution >= 4 is 27.6 Å². The minimum absolute atomic E-state index is 0.0207. The van der Waals surface area contributed by atoms with Crippen LogP contribution in [0.25, 0.3) is 44.3 Å². The van der Waals surface area contributed by atoms with E-state index in [9.17, 15) is 9.50 Å². The summed E-state index contributed by atoms with van der Waals surface area (Å²) in [5.41, 5.74) is 2.66. The third-order valence-electron chi connectivity index (χ3n) is 9.25. The number of terminal acetylenes is 1. The normalized spacial score (nSPS) is 20.1. The van der Waals surface area contributed by atoms with Crippen LogP contribution in [-0.2, 0) is 17.9 Å². The molecule has 216 valence electrons. The molecule has 43 heavy (non-hydrogen) atoms. The van der Waals surface area contributed by atoms with Crippen LogP contribution in [0.3, 0.4) is 0 Å². The molecule has 10 heteroatoms. The number of aromatic nitrogens is 4. The van der Waals surface area contributed by atoms with Gasteiger partial charge < -0.3 is 24.2 Å². The van der Waals surface area contributed by atoms with Gasteiger partial charge in [0, 0.05) is 53.9 Å². The second-order valence-corrected chi connectivity index (χ2v) is 11.6. The number of phenolic OH excluding ortho intramolecular Hbond substituents is 1. The number of nitrogens with zero attached hydrogens (tertiary/aromatic N) is 6. The van der Waals surface area contributed by atoms with E-state index < -0.39 is 11.6 Å². The summed E-state index contributed by atoms with van der Waals surface area (Å²) in [6.45, 7) is 4.33. The highest BCUT2D eigenvalue weighted by Crippen LogP contribution is 2.40. The molecule has 8 nitrogen and oxygen atoms in total. The van der Waals surface area contributed by atoms with E-state index in [0.717, 1.165) is 37.4 Å². The molecule has 2 atom stereocenters. The molecule has 2 saturated heterocycles. The van der Waals surface area contributed by atoms with E-state index >= 15 is 4.39 Å². The van der Waals surface area contributed by atoms with Crippen molar-refractivity contribution in [3.05, 3.63) is 65.5 Å². The van der Waals surface area contributed by atoms with Crippen molar-refractivity contribution in [2.75, 3.05) is 38.2 Å². The molecule has 0 aliphatic carbocycles. The van der Waals surface area contributed by atoms with E-state index in [0.29, 0.717) is 59.5 Å². The number of halogens is 2. The average molecular weight is 579 g/mol. The zero-order chi connectivity index (χ0) is 29.4. The van der Waals surface area contributed by atoms with Gasteiger partial charge in [0.1, 0.15) is 28.5 Å². The van der Waals surface area contributed by atoms with Gasteiger partial charge in [0.25, 0.3) is 0 Å². The van der Waals surface area contributed by atoms with Gasteiger partial charge in [-0.2, -0.15) is 0 Å². The van der Waals surface area contributed by atoms with E-state index in [1.807, 2.05) is 12.1 Å². The van der Waals surface area contributed by atoms with Crippen LogP contribution >= 0.6 is 0 Å². The Labute approximate surface area is 246 Å². The summed E-state index contributed by atoms with van der Waals surface area (Å²) in [6.07, 6.45) is 8.35. The number of aromatic hydroxyl groups is 1. The molecule has 3 aliphatic rings. The van der Waals surface area contributed by atoms with Gasteiger partial charge in [-0.15, -0.1) is 6.42 Å². The Morgan fingerprint density at radius 1 is 1.07 bits per heavy atom. The van der Waals surface area contributed by atoms with E-state index in [2.05, 4.69) is 32.3 Å². The number of hydrogen-bond acceptors (Lipinski definition) is 7. The highest BCUT2D eigenvalue weighted by atomic mass is 19.1. The minimum atomic E-state index is -0.688. The molecule has 0 spiro atoms. The number of hydrogen-bond donors (Lipinski definition) is 1. The van der Waals surface area contributed by atoms with E-state index in [4.69, 9.17) is 21.1 Å². The number of likely N-dealkylation sites (tertiary alicyclic amines) is 1. The Morgan fingerprint density at radius 2 is 1.95 bits per heavy atom. The molecular weight excluding hydrogens is 550 g/mol. The maximum atomic E-state index is 16.8. The van der Waals surface area contributed by atoms with Crippen molar-refractivity contribution in [3.8, 4) is 40.7 Å². The molecular formula is C33H28F2N6O2. The molecule has 8 rings (SSSR count). The Kier molecular flexibility index (Phi) is 5.90. The van der Waals surface area contributed by atoms with Crippen molar-refractivity contribution < 1.29 is 18.6 Å². The Balaban J connectivity index is 1.37. The number of fused-ring (bicyclic) bond motifs is 4. The molecule has 6 heterocycles. The molecule has 2 fully saturated rings. The molecule has 0 saturated carbocycles. The van der Waals surface area contributed by atoms with Crippen LogP contribution < -0.4 is 4.90 Å². The quantitative estimate of drug-likeness (QED) is 0.304. The second-order valence-electron chi connectivity index (χ2n) is 11.6. The first kappa shape index (κ1) is 26.1. The Bertz CT molecular complexity index is 2000. The fourth-order valence-corrected chi connectivity index (χ4v) is 7.10. The smallest absolute Gasteiger partial charge is 0.226 e. The summed E-state index contributed by atoms with van der Waals surface area (Å²) in [4.78, 5) is 18.9. The molecule has 1 N–H and O–H groups in total.